The molecule has 1 fully saturated rings. The summed E-state index contributed by atoms with van der Waals surface area (Å²) in [4.78, 5) is 38.5. The Balaban J connectivity index is 1.70. The van der Waals surface area contributed by atoms with Crippen LogP contribution in [-0.4, -0.2) is 29.3 Å². The SMILES string of the molecule is CC[C@@]1(c2ccccc2)NC(=O)N(CC(=O)NCc2ccccc2)C1=O. The number of urea groups is 1. The van der Waals surface area contributed by atoms with Gasteiger partial charge in [-0.05, 0) is 17.5 Å². The summed E-state index contributed by atoms with van der Waals surface area (Å²) < 4.78 is 0. The van der Waals surface area contributed by atoms with Crippen molar-refractivity contribution in [2.75, 3.05) is 6.54 Å². The first kappa shape index (κ1) is 17.7. The second kappa shape index (κ2) is 7.39. The van der Waals surface area contributed by atoms with E-state index in [1.807, 2.05) is 55.5 Å². The lowest BCUT2D eigenvalue weighted by molar-refractivity contribution is -0.135. The molecule has 6 nitrogen and oxygen atoms in total. The van der Waals surface area contributed by atoms with Crippen LogP contribution in [0.4, 0.5) is 4.79 Å². The van der Waals surface area contributed by atoms with Crippen molar-refractivity contribution in [2.24, 2.45) is 0 Å². The van der Waals surface area contributed by atoms with Gasteiger partial charge in [0.2, 0.25) is 5.91 Å². The molecule has 0 spiro atoms. The van der Waals surface area contributed by atoms with Crippen LogP contribution in [0.15, 0.2) is 60.7 Å². The Labute approximate surface area is 152 Å². The minimum absolute atomic E-state index is 0.300. The molecule has 4 amide bonds. The van der Waals surface area contributed by atoms with Gasteiger partial charge in [0.25, 0.3) is 5.91 Å². The van der Waals surface area contributed by atoms with Crippen LogP contribution >= 0.6 is 0 Å². The van der Waals surface area contributed by atoms with Crippen molar-refractivity contribution < 1.29 is 14.4 Å². The topological polar surface area (TPSA) is 78.5 Å². The lowest BCUT2D eigenvalue weighted by atomic mass is 9.87. The molecular weight excluding hydrogens is 330 g/mol. The largest absolute Gasteiger partial charge is 0.350 e. The summed E-state index contributed by atoms with van der Waals surface area (Å²) in [6.45, 7) is 1.89. The van der Waals surface area contributed by atoms with Crippen molar-refractivity contribution in [3.8, 4) is 0 Å². The summed E-state index contributed by atoms with van der Waals surface area (Å²) in [6.07, 6.45) is 0.406. The lowest BCUT2D eigenvalue weighted by Gasteiger charge is -2.25. The highest BCUT2D eigenvalue weighted by molar-refractivity contribution is 6.09. The van der Waals surface area contributed by atoms with E-state index in [1.54, 1.807) is 12.1 Å². The molecule has 1 aliphatic rings. The van der Waals surface area contributed by atoms with E-state index >= 15 is 0 Å². The van der Waals surface area contributed by atoms with Crippen LogP contribution in [0.5, 0.6) is 0 Å². The Kier molecular flexibility index (Phi) is 5.02. The predicted octanol–water partition coefficient (Wildman–Crippen LogP) is 2.16. The molecule has 0 saturated carbocycles. The molecule has 0 bridgehead atoms. The number of nitrogens with one attached hydrogen (secondary N) is 2. The molecule has 2 aromatic rings. The Hall–Kier alpha value is -3.15. The fourth-order valence-corrected chi connectivity index (χ4v) is 3.13. The zero-order valence-electron chi connectivity index (χ0n) is 14.6. The number of rotatable bonds is 6. The minimum Gasteiger partial charge on any atom is -0.350 e. The number of benzene rings is 2. The van der Waals surface area contributed by atoms with E-state index in [1.165, 1.54) is 0 Å². The van der Waals surface area contributed by atoms with Gasteiger partial charge in [-0.2, -0.15) is 0 Å². The van der Waals surface area contributed by atoms with Gasteiger partial charge in [-0.25, -0.2) is 4.79 Å². The Morgan fingerprint density at radius 3 is 2.27 bits per heavy atom. The highest BCUT2D eigenvalue weighted by Crippen LogP contribution is 2.32. The van der Waals surface area contributed by atoms with E-state index in [9.17, 15) is 14.4 Å². The Morgan fingerprint density at radius 1 is 1.04 bits per heavy atom. The standard InChI is InChI=1S/C20H21N3O3/c1-2-20(16-11-7-4-8-12-16)18(25)23(19(26)22-20)14-17(24)21-13-15-9-5-3-6-10-15/h3-12H,2,13-14H2,1H3,(H,21,24)(H,22,26)/t20-/m0/s1. The third-order valence-electron chi connectivity index (χ3n) is 4.61. The average Bonchev–Trinajstić information content (AvgIpc) is 2.93. The fourth-order valence-electron chi connectivity index (χ4n) is 3.13. The molecule has 6 heteroatoms. The van der Waals surface area contributed by atoms with E-state index in [-0.39, 0.29) is 12.5 Å². The molecule has 1 atom stereocenters. The van der Waals surface area contributed by atoms with Crippen molar-refractivity contribution in [2.45, 2.75) is 25.4 Å². The Morgan fingerprint density at radius 2 is 1.65 bits per heavy atom. The van der Waals surface area contributed by atoms with Crippen LogP contribution in [0, 0.1) is 0 Å². The second-order valence-corrected chi connectivity index (χ2v) is 6.21. The minimum atomic E-state index is -1.11. The maximum atomic E-state index is 12.9. The van der Waals surface area contributed by atoms with Crippen LogP contribution in [-0.2, 0) is 21.7 Å². The van der Waals surface area contributed by atoms with Gasteiger partial charge < -0.3 is 10.6 Å². The molecule has 1 heterocycles. The molecule has 1 saturated heterocycles. The third-order valence-corrected chi connectivity index (χ3v) is 4.61. The number of carbonyl (C=O) groups excluding carboxylic acids is 3. The van der Waals surface area contributed by atoms with Crippen molar-refractivity contribution in [3.63, 3.8) is 0 Å². The number of carbonyl (C=O) groups is 3. The van der Waals surface area contributed by atoms with Crippen LogP contribution < -0.4 is 10.6 Å². The van der Waals surface area contributed by atoms with Gasteiger partial charge in [0.05, 0.1) is 0 Å². The molecule has 0 radical (unpaired) electrons. The monoisotopic (exact) mass is 351 g/mol. The van der Waals surface area contributed by atoms with Gasteiger partial charge in [-0.1, -0.05) is 67.6 Å². The Bertz CT molecular complexity index is 808. The first-order valence-electron chi connectivity index (χ1n) is 8.57. The molecule has 3 rings (SSSR count). The van der Waals surface area contributed by atoms with Crippen LogP contribution in [0.1, 0.15) is 24.5 Å². The number of imide groups is 1. The quantitative estimate of drug-likeness (QED) is 0.783. The number of nitrogens with zero attached hydrogens (tertiary/aromatic N) is 1. The zero-order chi connectivity index (χ0) is 18.6. The molecule has 0 aromatic heterocycles. The highest BCUT2D eigenvalue weighted by atomic mass is 16.2. The summed E-state index contributed by atoms with van der Waals surface area (Å²) in [5.41, 5.74) is 0.552. The first-order chi connectivity index (χ1) is 12.6. The molecule has 0 aliphatic carbocycles. The first-order valence-corrected chi connectivity index (χ1v) is 8.57. The normalized spacial score (nSPS) is 19.3. The maximum absolute atomic E-state index is 12.9. The molecule has 26 heavy (non-hydrogen) atoms. The summed E-state index contributed by atoms with van der Waals surface area (Å²) in [5, 5.41) is 5.51. The van der Waals surface area contributed by atoms with Gasteiger partial charge in [0.15, 0.2) is 0 Å². The number of amides is 4. The van der Waals surface area contributed by atoms with Gasteiger partial charge in [-0.15, -0.1) is 0 Å². The average molecular weight is 351 g/mol. The van der Waals surface area contributed by atoms with Crippen molar-refractivity contribution >= 4 is 17.8 Å². The van der Waals surface area contributed by atoms with Crippen LogP contribution in [0.3, 0.4) is 0 Å². The van der Waals surface area contributed by atoms with E-state index in [0.717, 1.165) is 10.5 Å². The molecule has 2 aromatic carbocycles. The van der Waals surface area contributed by atoms with E-state index in [2.05, 4.69) is 10.6 Å². The van der Waals surface area contributed by atoms with Gasteiger partial charge in [-0.3, -0.25) is 14.5 Å². The van der Waals surface area contributed by atoms with E-state index in [0.29, 0.717) is 18.5 Å². The fraction of sp³-hybridized carbons (Fsp3) is 0.250. The smallest absolute Gasteiger partial charge is 0.325 e. The van der Waals surface area contributed by atoms with E-state index in [4.69, 9.17) is 0 Å². The van der Waals surface area contributed by atoms with E-state index < -0.39 is 17.5 Å². The van der Waals surface area contributed by atoms with Crippen LogP contribution in [0.25, 0.3) is 0 Å². The van der Waals surface area contributed by atoms with Crippen molar-refractivity contribution in [3.05, 3.63) is 71.8 Å². The number of hydrogen-bond acceptors (Lipinski definition) is 3. The summed E-state index contributed by atoms with van der Waals surface area (Å²) in [5.74, 6) is -0.775. The molecular formula is C20H21N3O3. The molecule has 2 N–H and O–H groups in total. The van der Waals surface area contributed by atoms with Crippen molar-refractivity contribution in [1.29, 1.82) is 0 Å². The molecule has 134 valence electrons. The molecule has 1 aliphatic heterocycles. The van der Waals surface area contributed by atoms with Crippen LogP contribution in [0.2, 0.25) is 0 Å². The van der Waals surface area contributed by atoms with Gasteiger partial charge >= 0.3 is 6.03 Å². The highest BCUT2D eigenvalue weighted by Gasteiger charge is 2.51. The zero-order valence-corrected chi connectivity index (χ0v) is 14.6. The van der Waals surface area contributed by atoms with Gasteiger partial charge in [0, 0.05) is 6.54 Å². The predicted molar refractivity (Wildman–Crippen MR) is 96.9 cm³/mol. The summed E-state index contributed by atoms with van der Waals surface area (Å²) >= 11 is 0. The van der Waals surface area contributed by atoms with Crippen molar-refractivity contribution in [1.82, 2.24) is 15.5 Å². The lowest BCUT2D eigenvalue weighted by Crippen LogP contribution is -2.44. The summed E-state index contributed by atoms with van der Waals surface area (Å²) in [6, 6.07) is 18.0. The maximum Gasteiger partial charge on any atom is 0.325 e. The third kappa shape index (κ3) is 3.31. The summed E-state index contributed by atoms with van der Waals surface area (Å²) in [7, 11) is 0. The molecule has 0 unspecified atom stereocenters. The van der Waals surface area contributed by atoms with Gasteiger partial charge in [0.1, 0.15) is 12.1 Å². The number of hydrogen-bond donors (Lipinski definition) is 2. The second-order valence-electron chi connectivity index (χ2n) is 6.21.